The summed E-state index contributed by atoms with van der Waals surface area (Å²) in [6.45, 7) is 3.23. The minimum Gasteiger partial charge on any atom is -0.486 e. The van der Waals surface area contributed by atoms with E-state index >= 15 is 0 Å². The molecule has 4 heterocycles. The molecule has 2 aromatic carbocycles. The molecular formula is C23H25N3O3. The Kier molecular flexibility index (Phi) is 3.78. The minimum absolute atomic E-state index is 0.214. The molecule has 0 radical (unpaired) electrons. The second kappa shape index (κ2) is 6.39. The number of benzene rings is 2. The fourth-order valence-electron chi connectivity index (χ4n) is 4.92. The average Bonchev–Trinajstić information content (AvgIpc) is 3.22. The highest BCUT2D eigenvalue weighted by Crippen LogP contribution is 2.50. The number of hydrogen-bond donors (Lipinski definition) is 0. The van der Waals surface area contributed by atoms with Gasteiger partial charge in [0.25, 0.3) is 0 Å². The molecule has 6 rings (SSSR count). The van der Waals surface area contributed by atoms with Crippen LogP contribution in [0.15, 0.2) is 47.6 Å². The molecular weight excluding hydrogens is 366 g/mol. The van der Waals surface area contributed by atoms with E-state index in [1.807, 2.05) is 6.07 Å². The number of fused-ring (bicyclic) bond motifs is 5. The van der Waals surface area contributed by atoms with Gasteiger partial charge < -0.3 is 19.1 Å². The van der Waals surface area contributed by atoms with Crippen LogP contribution in [0.5, 0.6) is 17.2 Å². The van der Waals surface area contributed by atoms with E-state index in [1.54, 1.807) is 0 Å². The van der Waals surface area contributed by atoms with E-state index < -0.39 is 0 Å². The van der Waals surface area contributed by atoms with E-state index in [0.29, 0.717) is 13.2 Å². The number of nitrogens with zero attached hydrogens (tertiary/aromatic N) is 3. The summed E-state index contributed by atoms with van der Waals surface area (Å²) in [5, 5.41) is 7.40. The van der Waals surface area contributed by atoms with Crippen LogP contribution in [0.4, 0.5) is 0 Å². The fraction of sp³-hybridized carbons (Fsp3) is 0.435. The summed E-state index contributed by atoms with van der Waals surface area (Å²) < 4.78 is 18.1. The summed E-state index contributed by atoms with van der Waals surface area (Å²) in [5.74, 6) is 2.64. The summed E-state index contributed by atoms with van der Waals surface area (Å²) in [7, 11) is 2.18. The van der Waals surface area contributed by atoms with Gasteiger partial charge >= 0.3 is 0 Å². The number of para-hydroxylation sites is 1. The maximum atomic E-state index is 6.64. The second-order valence-corrected chi connectivity index (χ2v) is 8.36. The number of hydrogen-bond acceptors (Lipinski definition) is 6. The van der Waals surface area contributed by atoms with Crippen LogP contribution < -0.4 is 14.2 Å². The van der Waals surface area contributed by atoms with Crippen LogP contribution in [-0.4, -0.2) is 54.7 Å². The Morgan fingerprint density at radius 3 is 2.62 bits per heavy atom. The first-order valence-corrected chi connectivity index (χ1v) is 10.5. The van der Waals surface area contributed by atoms with Gasteiger partial charge in [0.1, 0.15) is 19.0 Å². The van der Waals surface area contributed by atoms with Crippen molar-refractivity contribution in [2.45, 2.75) is 31.0 Å². The summed E-state index contributed by atoms with van der Waals surface area (Å²) in [4.78, 5) is 2.37. The van der Waals surface area contributed by atoms with E-state index in [2.05, 4.69) is 53.4 Å². The van der Waals surface area contributed by atoms with Crippen LogP contribution in [0.25, 0.3) is 0 Å². The van der Waals surface area contributed by atoms with Crippen molar-refractivity contribution >= 4 is 5.71 Å². The van der Waals surface area contributed by atoms with Crippen molar-refractivity contribution in [3.8, 4) is 17.2 Å². The SMILES string of the molecule is CN1CCC2(CC1)Oc1ccccc1C1CC(c3ccc4c(c3)OCCO4)=NN12. The van der Waals surface area contributed by atoms with Gasteiger partial charge in [0, 0.05) is 43.5 Å². The van der Waals surface area contributed by atoms with E-state index in [0.717, 1.165) is 60.9 Å². The molecule has 29 heavy (non-hydrogen) atoms. The number of ether oxygens (including phenoxy) is 3. The highest BCUT2D eigenvalue weighted by molar-refractivity contribution is 6.02. The first kappa shape index (κ1) is 17.2. The van der Waals surface area contributed by atoms with Crippen LogP contribution in [0.3, 0.4) is 0 Å². The summed E-state index contributed by atoms with van der Waals surface area (Å²) in [6.07, 6.45) is 2.77. The Morgan fingerprint density at radius 2 is 1.76 bits per heavy atom. The molecule has 4 aliphatic heterocycles. The highest BCUT2D eigenvalue weighted by Gasteiger charge is 2.51. The molecule has 150 valence electrons. The van der Waals surface area contributed by atoms with Crippen molar-refractivity contribution in [2.75, 3.05) is 33.4 Å². The predicted octanol–water partition coefficient (Wildman–Crippen LogP) is 3.42. The number of rotatable bonds is 1. The Labute approximate surface area is 170 Å². The molecule has 1 spiro atoms. The van der Waals surface area contributed by atoms with E-state index in [1.165, 1.54) is 5.56 Å². The van der Waals surface area contributed by atoms with Gasteiger partial charge in [-0.1, -0.05) is 18.2 Å². The van der Waals surface area contributed by atoms with Crippen molar-refractivity contribution < 1.29 is 14.2 Å². The van der Waals surface area contributed by atoms with Gasteiger partial charge in [-0.15, -0.1) is 0 Å². The van der Waals surface area contributed by atoms with Crippen molar-refractivity contribution in [3.05, 3.63) is 53.6 Å². The molecule has 6 heteroatoms. The van der Waals surface area contributed by atoms with Crippen LogP contribution in [-0.2, 0) is 0 Å². The number of hydrazone groups is 1. The molecule has 0 aliphatic carbocycles. The van der Waals surface area contributed by atoms with Gasteiger partial charge in [0.05, 0.1) is 11.8 Å². The molecule has 1 unspecified atom stereocenters. The standard InChI is InChI=1S/C23H25N3O3/c1-25-10-8-23(9-11-25)26-19(17-4-2-3-5-20(17)29-23)15-18(24-26)16-6-7-21-22(14-16)28-13-12-27-21/h2-7,14,19H,8-13,15H2,1H3. The molecule has 0 aromatic heterocycles. The largest absolute Gasteiger partial charge is 0.486 e. The highest BCUT2D eigenvalue weighted by atomic mass is 16.6. The molecule has 4 aliphatic rings. The van der Waals surface area contributed by atoms with Gasteiger partial charge in [-0.2, -0.15) is 5.10 Å². The van der Waals surface area contributed by atoms with Crippen LogP contribution in [0.2, 0.25) is 0 Å². The third-order valence-corrected chi connectivity index (χ3v) is 6.55. The lowest BCUT2D eigenvalue weighted by Crippen LogP contribution is -2.58. The molecule has 0 N–H and O–H groups in total. The van der Waals surface area contributed by atoms with Crippen LogP contribution in [0, 0.1) is 0 Å². The lowest BCUT2D eigenvalue weighted by atomic mass is 9.91. The number of piperidine rings is 1. The van der Waals surface area contributed by atoms with Crippen molar-refractivity contribution in [1.29, 1.82) is 0 Å². The van der Waals surface area contributed by atoms with E-state index in [4.69, 9.17) is 19.3 Å². The lowest BCUT2D eigenvalue weighted by molar-refractivity contribution is -0.147. The zero-order valence-corrected chi connectivity index (χ0v) is 16.6. The normalized spacial score (nSPS) is 24.5. The van der Waals surface area contributed by atoms with Crippen LogP contribution in [0.1, 0.15) is 36.4 Å². The first-order chi connectivity index (χ1) is 14.2. The molecule has 2 aromatic rings. The molecule has 1 fully saturated rings. The summed E-state index contributed by atoms with van der Waals surface area (Å²) in [6, 6.07) is 14.8. The smallest absolute Gasteiger partial charge is 0.200 e. The quantitative estimate of drug-likeness (QED) is 0.745. The zero-order chi connectivity index (χ0) is 19.4. The summed E-state index contributed by atoms with van der Waals surface area (Å²) >= 11 is 0. The van der Waals surface area contributed by atoms with Crippen molar-refractivity contribution in [2.24, 2.45) is 5.10 Å². The molecule has 0 amide bonds. The average molecular weight is 391 g/mol. The molecule has 1 saturated heterocycles. The first-order valence-electron chi connectivity index (χ1n) is 10.5. The van der Waals surface area contributed by atoms with Gasteiger partial charge in [0.15, 0.2) is 11.5 Å². The van der Waals surface area contributed by atoms with Gasteiger partial charge in [-0.3, -0.25) is 0 Å². The molecule has 1 atom stereocenters. The Bertz CT molecular complexity index is 981. The minimum atomic E-state index is -0.360. The summed E-state index contributed by atoms with van der Waals surface area (Å²) in [5.41, 5.74) is 3.06. The second-order valence-electron chi connectivity index (χ2n) is 8.36. The monoisotopic (exact) mass is 391 g/mol. The third kappa shape index (κ3) is 2.69. The Balaban J connectivity index is 1.40. The van der Waals surface area contributed by atoms with Crippen molar-refractivity contribution in [3.63, 3.8) is 0 Å². The van der Waals surface area contributed by atoms with E-state index in [9.17, 15) is 0 Å². The zero-order valence-electron chi connectivity index (χ0n) is 16.6. The number of likely N-dealkylation sites (tertiary alicyclic amines) is 1. The van der Waals surface area contributed by atoms with Gasteiger partial charge in [-0.25, -0.2) is 5.01 Å². The fourth-order valence-corrected chi connectivity index (χ4v) is 4.92. The van der Waals surface area contributed by atoms with Crippen molar-refractivity contribution in [1.82, 2.24) is 9.91 Å². The predicted molar refractivity (Wildman–Crippen MR) is 110 cm³/mol. The van der Waals surface area contributed by atoms with Crippen LogP contribution >= 0.6 is 0 Å². The molecule has 0 saturated carbocycles. The maximum absolute atomic E-state index is 6.64. The maximum Gasteiger partial charge on any atom is 0.200 e. The lowest BCUT2D eigenvalue weighted by Gasteiger charge is -2.50. The third-order valence-electron chi connectivity index (χ3n) is 6.55. The molecule has 0 bridgehead atoms. The van der Waals surface area contributed by atoms with E-state index in [-0.39, 0.29) is 11.8 Å². The molecule has 6 nitrogen and oxygen atoms in total. The van der Waals surface area contributed by atoms with Gasteiger partial charge in [-0.05, 0) is 31.3 Å². The Hall–Kier alpha value is -2.73. The topological polar surface area (TPSA) is 46.5 Å². The Morgan fingerprint density at radius 1 is 0.966 bits per heavy atom. The van der Waals surface area contributed by atoms with Gasteiger partial charge in [0.2, 0.25) is 5.72 Å².